The highest BCUT2D eigenvalue weighted by molar-refractivity contribution is 5.96. The Balaban J connectivity index is 2.59. The first kappa shape index (κ1) is 20.5. The molecule has 0 atom stereocenters. The molecule has 0 bridgehead atoms. The number of guanidine groups is 1. The molecule has 7 nitrogen and oxygen atoms in total. The van der Waals surface area contributed by atoms with Gasteiger partial charge in [-0.05, 0) is 37.0 Å². The third kappa shape index (κ3) is 8.74. The fourth-order valence-corrected chi connectivity index (χ4v) is 2.02. The lowest BCUT2D eigenvalue weighted by molar-refractivity contribution is -0.117. The quantitative estimate of drug-likeness (QED) is 0.395. The van der Waals surface area contributed by atoms with E-state index >= 15 is 0 Å². The van der Waals surface area contributed by atoms with Crippen molar-refractivity contribution in [1.82, 2.24) is 16.0 Å². The van der Waals surface area contributed by atoms with Crippen molar-refractivity contribution in [3.8, 4) is 0 Å². The van der Waals surface area contributed by atoms with Crippen LogP contribution in [0.15, 0.2) is 29.3 Å². The zero-order chi connectivity index (χ0) is 18.7. The molecule has 1 aromatic carbocycles. The monoisotopic (exact) mass is 347 g/mol. The second kappa shape index (κ2) is 11.1. The number of nitrogens with two attached hydrogens (primary N) is 1. The summed E-state index contributed by atoms with van der Waals surface area (Å²) in [6.07, 6.45) is 1.08. The van der Waals surface area contributed by atoms with Crippen molar-refractivity contribution < 1.29 is 9.59 Å². The Kier molecular flexibility index (Phi) is 9.06. The molecule has 1 aromatic rings. The van der Waals surface area contributed by atoms with Crippen molar-refractivity contribution in [3.63, 3.8) is 0 Å². The number of amides is 2. The molecule has 0 aliphatic rings. The minimum Gasteiger partial charge on any atom is -0.368 e. The third-order valence-corrected chi connectivity index (χ3v) is 3.42. The number of nitrogens with zero attached hydrogens (tertiary/aromatic N) is 1. The van der Waals surface area contributed by atoms with Crippen molar-refractivity contribution in [2.45, 2.75) is 33.7 Å². The summed E-state index contributed by atoms with van der Waals surface area (Å²) in [6.45, 7) is 8.42. The minimum absolute atomic E-state index is 0.168. The van der Waals surface area contributed by atoms with Gasteiger partial charge in [-0.3, -0.25) is 9.59 Å². The molecule has 0 saturated heterocycles. The Bertz CT molecular complexity index is 582. The summed E-state index contributed by atoms with van der Waals surface area (Å²) in [7, 11) is 0. The van der Waals surface area contributed by atoms with E-state index in [2.05, 4.69) is 34.8 Å². The van der Waals surface area contributed by atoms with E-state index in [4.69, 9.17) is 5.73 Å². The predicted octanol–water partition coefficient (Wildman–Crippen LogP) is 1.00. The molecule has 0 heterocycles. The Hall–Kier alpha value is -2.57. The van der Waals surface area contributed by atoms with E-state index in [9.17, 15) is 9.59 Å². The number of rotatable bonds is 9. The molecule has 0 fully saturated rings. The highest BCUT2D eigenvalue weighted by Crippen LogP contribution is 2.06. The van der Waals surface area contributed by atoms with E-state index in [1.165, 1.54) is 0 Å². The summed E-state index contributed by atoms with van der Waals surface area (Å²) in [4.78, 5) is 27.1. The molecule has 0 spiro atoms. The van der Waals surface area contributed by atoms with Crippen molar-refractivity contribution in [3.05, 3.63) is 35.4 Å². The topological polar surface area (TPSA) is 109 Å². The van der Waals surface area contributed by atoms with Crippen molar-refractivity contribution in [1.29, 1.82) is 0 Å². The molecular formula is C18H29N5O2. The Labute approximate surface area is 149 Å². The van der Waals surface area contributed by atoms with Gasteiger partial charge in [-0.25, -0.2) is 4.99 Å². The van der Waals surface area contributed by atoms with E-state index in [-0.39, 0.29) is 12.5 Å². The van der Waals surface area contributed by atoms with Crippen LogP contribution in [-0.2, 0) is 11.3 Å². The van der Waals surface area contributed by atoms with Crippen molar-refractivity contribution in [2.24, 2.45) is 16.6 Å². The van der Waals surface area contributed by atoms with E-state index in [0.717, 1.165) is 31.0 Å². The second-order valence-corrected chi connectivity index (χ2v) is 6.15. The molecule has 25 heavy (non-hydrogen) atoms. The van der Waals surface area contributed by atoms with Crippen molar-refractivity contribution in [2.75, 3.05) is 19.6 Å². The van der Waals surface area contributed by atoms with Gasteiger partial charge in [-0.2, -0.15) is 0 Å². The van der Waals surface area contributed by atoms with Crippen LogP contribution in [0, 0.1) is 5.92 Å². The maximum absolute atomic E-state index is 11.8. The smallest absolute Gasteiger partial charge is 0.251 e. The van der Waals surface area contributed by atoms with Gasteiger partial charge < -0.3 is 21.7 Å². The van der Waals surface area contributed by atoms with Crippen LogP contribution in [0.25, 0.3) is 0 Å². The van der Waals surface area contributed by atoms with Crippen molar-refractivity contribution >= 4 is 17.8 Å². The summed E-state index contributed by atoms with van der Waals surface area (Å²) >= 11 is 0. The average molecular weight is 347 g/mol. The molecule has 0 unspecified atom stereocenters. The van der Waals surface area contributed by atoms with Gasteiger partial charge in [0.05, 0.1) is 13.1 Å². The first-order chi connectivity index (χ1) is 11.9. The van der Waals surface area contributed by atoms with E-state index in [1.54, 1.807) is 12.1 Å². The number of nitrogens with one attached hydrogen (secondary N) is 3. The van der Waals surface area contributed by atoms with E-state index in [1.807, 2.05) is 19.1 Å². The lowest BCUT2D eigenvalue weighted by Gasteiger charge is -2.12. The van der Waals surface area contributed by atoms with Crippen LogP contribution < -0.4 is 21.7 Å². The maximum Gasteiger partial charge on any atom is 0.251 e. The standard InChI is InChI=1S/C18H29N5O2/c1-4-20-18(21-10-9-13(2)3)23-11-14-5-7-15(8-6-14)17(25)22-12-16(19)24/h5-8,13H,4,9-12H2,1-3H3,(H2,19,24)(H,22,25)(H2,20,21,23). The summed E-state index contributed by atoms with van der Waals surface area (Å²) in [6, 6.07) is 7.11. The van der Waals surface area contributed by atoms with E-state index in [0.29, 0.717) is 18.0 Å². The third-order valence-electron chi connectivity index (χ3n) is 3.42. The molecule has 0 aromatic heterocycles. The summed E-state index contributed by atoms with van der Waals surface area (Å²) < 4.78 is 0. The highest BCUT2D eigenvalue weighted by Gasteiger charge is 2.06. The fraction of sp³-hybridized carbons (Fsp3) is 0.500. The SMILES string of the molecule is CCNC(=NCc1ccc(C(=O)NCC(N)=O)cc1)NCCC(C)C. The van der Waals surface area contributed by atoms with Crippen LogP contribution >= 0.6 is 0 Å². The van der Waals surface area contributed by atoms with Crippen LogP contribution in [0.2, 0.25) is 0 Å². The van der Waals surface area contributed by atoms with Gasteiger partial charge in [-0.15, -0.1) is 0 Å². The normalized spacial score (nSPS) is 11.3. The first-order valence-electron chi connectivity index (χ1n) is 8.60. The molecule has 0 aliphatic carbocycles. The van der Waals surface area contributed by atoms with Crippen LogP contribution in [0.5, 0.6) is 0 Å². The minimum atomic E-state index is -0.569. The highest BCUT2D eigenvalue weighted by atomic mass is 16.2. The molecule has 7 heteroatoms. The van der Waals surface area contributed by atoms with Crippen LogP contribution in [-0.4, -0.2) is 37.4 Å². The van der Waals surface area contributed by atoms with Crippen LogP contribution in [0.3, 0.4) is 0 Å². The van der Waals surface area contributed by atoms with Gasteiger partial charge in [0.15, 0.2) is 5.96 Å². The molecule has 2 amide bonds. The first-order valence-corrected chi connectivity index (χ1v) is 8.60. The number of primary amides is 1. The van der Waals surface area contributed by atoms with Gasteiger partial charge in [-0.1, -0.05) is 26.0 Å². The summed E-state index contributed by atoms with van der Waals surface area (Å²) in [5.41, 5.74) is 6.48. The number of carbonyl (C=O) groups is 2. The Morgan fingerprint density at radius 3 is 2.36 bits per heavy atom. The zero-order valence-corrected chi connectivity index (χ0v) is 15.3. The molecule has 0 saturated carbocycles. The van der Waals surface area contributed by atoms with Gasteiger partial charge in [0, 0.05) is 18.7 Å². The predicted molar refractivity (Wildman–Crippen MR) is 100 cm³/mol. The molecular weight excluding hydrogens is 318 g/mol. The molecule has 0 radical (unpaired) electrons. The van der Waals surface area contributed by atoms with Gasteiger partial charge in [0.1, 0.15) is 0 Å². The summed E-state index contributed by atoms with van der Waals surface area (Å²) in [5, 5.41) is 8.98. The lowest BCUT2D eigenvalue weighted by Crippen LogP contribution is -2.38. The van der Waals surface area contributed by atoms with Crippen LogP contribution in [0.4, 0.5) is 0 Å². The second-order valence-electron chi connectivity index (χ2n) is 6.15. The average Bonchev–Trinajstić information content (AvgIpc) is 2.57. The number of benzene rings is 1. The number of hydrogen-bond acceptors (Lipinski definition) is 3. The van der Waals surface area contributed by atoms with Crippen LogP contribution in [0.1, 0.15) is 43.1 Å². The Morgan fingerprint density at radius 2 is 1.80 bits per heavy atom. The van der Waals surface area contributed by atoms with Gasteiger partial charge in [0.25, 0.3) is 5.91 Å². The fourth-order valence-electron chi connectivity index (χ4n) is 2.02. The lowest BCUT2D eigenvalue weighted by atomic mass is 10.1. The van der Waals surface area contributed by atoms with Gasteiger partial charge in [0.2, 0.25) is 5.91 Å². The maximum atomic E-state index is 11.8. The van der Waals surface area contributed by atoms with Gasteiger partial charge >= 0.3 is 0 Å². The number of aliphatic imine (C=N–C) groups is 1. The molecule has 1 rings (SSSR count). The zero-order valence-electron chi connectivity index (χ0n) is 15.3. The number of carbonyl (C=O) groups excluding carboxylic acids is 2. The van der Waals surface area contributed by atoms with E-state index < -0.39 is 5.91 Å². The molecule has 138 valence electrons. The Morgan fingerprint density at radius 1 is 1.12 bits per heavy atom. The number of hydrogen-bond donors (Lipinski definition) is 4. The summed E-state index contributed by atoms with van der Waals surface area (Å²) in [5.74, 6) is 0.535. The molecule has 0 aliphatic heterocycles. The largest absolute Gasteiger partial charge is 0.368 e. The molecule has 5 N–H and O–H groups in total.